The maximum atomic E-state index is 11.0. The predicted octanol–water partition coefficient (Wildman–Crippen LogP) is 4.05. The molecule has 0 bridgehead atoms. The first-order valence-electron chi connectivity index (χ1n) is 7.64. The minimum absolute atomic E-state index is 0.0499. The number of hydrogen-bond donors (Lipinski definition) is 1. The van der Waals surface area contributed by atoms with E-state index in [2.05, 4.69) is 19.2 Å². The van der Waals surface area contributed by atoms with Crippen molar-refractivity contribution in [3.63, 3.8) is 0 Å². The van der Waals surface area contributed by atoms with E-state index in [0.29, 0.717) is 6.04 Å². The van der Waals surface area contributed by atoms with Crippen molar-refractivity contribution in [2.45, 2.75) is 58.1 Å². The van der Waals surface area contributed by atoms with Gasteiger partial charge in [0.05, 0.1) is 10.5 Å². The van der Waals surface area contributed by atoms with Gasteiger partial charge in [-0.25, -0.2) is 0 Å². The van der Waals surface area contributed by atoms with Crippen LogP contribution in [0.1, 0.15) is 45.1 Å². The Hall–Kier alpha value is -1.62. The molecule has 5 heteroatoms. The molecule has 1 aromatic rings. The number of nitrogens with one attached hydrogen (secondary N) is 1. The summed E-state index contributed by atoms with van der Waals surface area (Å²) in [4.78, 5) is 10.6. The van der Waals surface area contributed by atoms with E-state index >= 15 is 0 Å². The van der Waals surface area contributed by atoms with Gasteiger partial charge >= 0.3 is 0 Å². The van der Waals surface area contributed by atoms with Crippen molar-refractivity contribution in [3.8, 4) is 0 Å². The zero-order valence-electron chi connectivity index (χ0n) is 13.0. The summed E-state index contributed by atoms with van der Waals surface area (Å²) in [6.45, 7) is 6.94. The number of nitro groups is 1. The van der Waals surface area contributed by atoms with Gasteiger partial charge in [0.25, 0.3) is 5.69 Å². The smallest absolute Gasteiger partial charge is 0.271 e. The predicted molar refractivity (Wildman–Crippen MR) is 83.7 cm³/mol. The highest BCUT2D eigenvalue weighted by molar-refractivity contribution is 5.54. The highest BCUT2D eigenvalue weighted by Gasteiger charge is 2.34. The van der Waals surface area contributed by atoms with Crippen molar-refractivity contribution in [2.24, 2.45) is 0 Å². The minimum Gasteiger partial charge on any atom is -0.382 e. The van der Waals surface area contributed by atoms with Crippen molar-refractivity contribution in [1.29, 1.82) is 0 Å². The van der Waals surface area contributed by atoms with E-state index in [-0.39, 0.29) is 16.2 Å². The SMILES string of the molecule is CCC1(CC)CC(Nc2cc(C)cc([N+](=O)[O-])c2)CCO1. The van der Waals surface area contributed by atoms with Crippen LogP contribution < -0.4 is 5.32 Å². The molecule has 1 aliphatic heterocycles. The molecule has 0 aromatic heterocycles. The van der Waals surface area contributed by atoms with E-state index in [1.807, 2.05) is 13.0 Å². The molecule has 0 saturated carbocycles. The second-order valence-corrected chi connectivity index (χ2v) is 5.89. The molecule has 0 amide bonds. The van der Waals surface area contributed by atoms with Gasteiger partial charge in [0.1, 0.15) is 0 Å². The summed E-state index contributed by atoms with van der Waals surface area (Å²) in [5.74, 6) is 0. The molecule has 2 rings (SSSR count). The molecule has 21 heavy (non-hydrogen) atoms. The van der Waals surface area contributed by atoms with E-state index in [0.717, 1.165) is 43.5 Å². The van der Waals surface area contributed by atoms with Crippen LogP contribution >= 0.6 is 0 Å². The van der Waals surface area contributed by atoms with Gasteiger partial charge in [-0.2, -0.15) is 0 Å². The molecule has 1 atom stereocenters. The summed E-state index contributed by atoms with van der Waals surface area (Å²) in [6, 6.07) is 5.47. The van der Waals surface area contributed by atoms with E-state index in [1.54, 1.807) is 12.1 Å². The molecule has 1 N–H and O–H groups in total. The van der Waals surface area contributed by atoms with Gasteiger partial charge in [0, 0.05) is 30.5 Å². The van der Waals surface area contributed by atoms with Crippen LogP contribution in [0.2, 0.25) is 0 Å². The van der Waals surface area contributed by atoms with Gasteiger partial charge in [-0.05, 0) is 44.2 Å². The van der Waals surface area contributed by atoms with Crippen molar-refractivity contribution < 1.29 is 9.66 Å². The van der Waals surface area contributed by atoms with Crippen LogP contribution in [0.15, 0.2) is 18.2 Å². The first kappa shape index (κ1) is 15.8. The Balaban J connectivity index is 2.12. The second-order valence-electron chi connectivity index (χ2n) is 5.89. The fraction of sp³-hybridized carbons (Fsp3) is 0.625. The van der Waals surface area contributed by atoms with Crippen LogP contribution in [0.5, 0.6) is 0 Å². The summed E-state index contributed by atoms with van der Waals surface area (Å²) >= 11 is 0. The lowest BCUT2D eigenvalue weighted by Crippen LogP contribution is -2.43. The topological polar surface area (TPSA) is 64.4 Å². The Morgan fingerprint density at radius 3 is 2.71 bits per heavy atom. The number of hydrogen-bond acceptors (Lipinski definition) is 4. The van der Waals surface area contributed by atoms with Gasteiger partial charge in [-0.15, -0.1) is 0 Å². The van der Waals surface area contributed by atoms with Crippen LogP contribution in [-0.4, -0.2) is 23.2 Å². The standard InChI is InChI=1S/C16H24N2O3/c1-4-16(5-2)11-13(6-7-21-16)17-14-8-12(3)9-15(10-14)18(19)20/h8-10,13,17H,4-7,11H2,1-3H3. The molecule has 5 nitrogen and oxygen atoms in total. The molecule has 0 radical (unpaired) electrons. The summed E-state index contributed by atoms with van der Waals surface area (Å²) in [5.41, 5.74) is 1.82. The number of nitrogens with zero attached hydrogens (tertiary/aromatic N) is 1. The number of anilines is 1. The molecule has 0 aliphatic carbocycles. The molecule has 1 saturated heterocycles. The Morgan fingerprint density at radius 2 is 2.10 bits per heavy atom. The number of benzene rings is 1. The molecular weight excluding hydrogens is 268 g/mol. The van der Waals surface area contributed by atoms with Crippen LogP contribution in [0.25, 0.3) is 0 Å². The molecule has 116 valence electrons. The van der Waals surface area contributed by atoms with Gasteiger partial charge in [-0.3, -0.25) is 10.1 Å². The average molecular weight is 292 g/mol. The first-order chi connectivity index (χ1) is 9.98. The largest absolute Gasteiger partial charge is 0.382 e. The maximum Gasteiger partial charge on any atom is 0.271 e. The van der Waals surface area contributed by atoms with Crippen LogP contribution in [0.4, 0.5) is 11.4 Å². The molecule has 1 aromatic carbocycles. The zero-order chi connectivity index (χ0) is 15.5. The summed E-state index contributed by atoms with van der Waals surface area (Å²) in [6.07, 6.45) is 3.87. The second kappa shape index (κ2) is 6.43. The number of aryl methyl sites for hydroxylation is 1. The molecule has 1 heterocycles. The van der Waals surface area contributed by atoms with Crippen molar-refractivity contribution >= 4 is 11.4 Å². The highest BCUT2D eigenvalue weighted by Crippen LogP contribution is 2.33. The Morgan fingerprint density at radius 1 is 1.38 bits per heavy atom. The molecule has 0 spiro atoms. The third kappa shape index (κ3) is 3.73. The lowest BCUT2D eigenvalue weighted by molar-refractivity contribution is -0.384. The fourth-order valence-electron chi connectivity index (χ4n) is 3.08. The third-order valence-electron chi connectivity index (χ3n) is 4.43. The Kier molecular flexibility index (Phi) is 4.83. The number of rotatable bonds is 5. The van der Waals surface area contributed by atoms with Gasteiger partial charge in [-0.1, -0.05) is 13.8 Å². The highest BCUT2D eigenvalue weighted by atomic mass is 16.6. The lowest BCUT2D eigenvalue weighted by Gasteiger charge is -2.40. The summed E-state index contributed by atoms with van der Waals surface area (Å²) in [5, 5.41) is 14.4. The van der Waals surface area contributed by atoms with E-state index in [9.17, 15) is 10.1 Å². The van der Waals surface area contributed by atoms with Crippen molar-refractivity contribution in [3.05, 3.63) is 33.9 Å². The summed E-state index contributed by atoms with van der Waals surface area (Å²) < 4.78 is 5.97. The van der Waals surface area contributed by atoms with E-state index in [1.165, 1.54) is 0 Å². The van der Waals surface area contributed by atoms with E-state index in [4.69, 9.17) is 4.74 Å². The molecule has 1 unspecified atom stereocenters. The minimum atomic E-state index is -0.343. The van der Waals surface area contributed by atoms with Crippen LogP contribution in [-0.2, 0) is 4.74 Å². The fourth-order valence-corrected chi connectivity index (χ4v) is 3.08. The quantitative estimate of drug-likeness (QED) is 0.656. The van der Waals surface area contributed by atoms with Gasteiger partial charge < -0.3 is 10.1 Å². The number of non-ortho nitro benzene ring substituents is 1. The third-order valence-corrected chi connectivity index (χ3v) is 4.43. The Bertz CT molecular complexity index is 512. The van der Waals surface area contributed by atoms with Crippen molar-refractivity contribution in [2.75, 3.05) is 11.9 Å². The molecule has 1 fully saturated rings. The van der Waals surface area contributed by atoms with Crippen LogP contribution in [0.3, 0.4) is 0 Å². The van der Waals surface area contributed by atoms with Crippen LogP contribution in [0, 0.1) is 17.0 Å². The maximum absolute atomic E-state index is 11.0. The summed E-state index contributed by atoms with van der Waals surface area (Å²) in [7, 11) is 0. The van der Waals surface area contributed by atoms with Gasteiger partial charge in [0.2, 0.25) is 0 Å². The molecular formula is C16H24N2O3. The monoisotopic (exact) mass is 292 g/mol. The lowest BCUT2D eigenvalue weighted by atomic mass is 9.86. The first-order valence-corrected chi connectivity index (χ1v) is 7.64. The number of nitro benzene ring substituents is 1. The normalized spacial score (nSPS) is 21.0. The number of ether oxygens (including phenoxy) is 1. The van der Waals surface area contributed by atoms with Crippen molar-refractivity contribution in [1.82, 2.24) is 0 Å². The molecule has 1 aliphatic rings. The Labute approximate surface area is 125 Å². The van der Waals surface area contributed by atoms with E-state index < -0.39 is 0 Å². The van der Waals surface area contributed by atoms with Gasteiger partial charge in [0.15, 0.2) is 0 Å². The average Bonchev–Trinajstić information content (AvgIpc) is 2.46. The zero-order valence-corrected chi connectivity index (χ0v) is 13.0.